The first kappa shape index (κ1) is 11.9. The van der Waals surface area contributed by atoms with Gasteiger partial charge in [-0.15, -0.1) is 0 Å². The molecule has 5 nitrogen and oxygen atoms in total. The Morgan fingerprint density at radius 3 is 2.94 bits per heavy atom. The van der Waals surface area contributed by atoms with Crippen molar-refractivity contribution >= 4 is 11.8 Å². The van der Waals surface area contributed by atoms with Gasteiger partial charge in [0.15, 0.2) is 5.76 Å². The molecule has 1 aromatic rings. The normalized spacial score (nSPS) is 21.3. The van der Waals surface area contributed by atoms with Crippen LogP contribution in [0.15, 0.2) is 22.8 Å². The number of piperidine rings is 1. The maximum absolute atomic E-state index is 11.8. The van der Waals surface area contributed by atoms with Crippen molar-refractivity contribution in [1.29, 1.82) is 0 Å². The first-order valence-electron chi connectivity index (χ1n) is 5.72. The Hall–Kier alpha value is -1.62. The topological polar surface area (TPSA) is 70.8 Å². The smallest absolute Gasteiger partial charge is 0.320 e. The molecule has 5 heteroatoms. The van der Waals surface area contributed by atoms with Crippen molar-refractivity contribution in [3.05, 3.63) is 24.2 Å². The maximum Gasteiger partial charge on any atom is 0.320 e. The molecule has 2 heterocycles. The van der Waals surface area contributed by atoms with Gasteiger partial charge in [-0.2, -0.15) is 0 Å². The fourth-order valence-corrected chi connectivity index (χ4v) is 2.16. The summed E-state index contributed by atoms with van der Waals surface area (Å²) in [5.41, 5.74) is 0. The molecule has 0 bridgehead atoms. The van der Waals surface area contributed by atoms with Gasteiger partial charge >= 0.3 is 5.97 Å². The third-order valence-corrected chi connectivity index (χ3v) is 3.04. The van der Waals surface area contributed by atoms with Gasteiger partial charge in [-0.25, -0.2) is 0 Å². The summed E-state index contributed by atoms with van der Waals surface area (Å²) in [7, 11) is 0. The first-order chi connectivity index (χ1) is 8.18. The van der Waals surface area contributed by atoms with Crippen LogP contribution in [0.5, 0.6) is 0 Å². The number of nitrogens with zero attached hydrogens (tertiary/aromatic N) is 1. The van der Waals surface area contributed by atoms with E-state index in [1.54, 1.807) is 17.0 Å². The van der Waals surface area contributed by atoms with Gasteiger partial charge in [0.2, 0.25) is 5.78 Å². The van der Waals surface area contributed by atoms with E-state index in [-0.39, 0.29) is 12.3 Å². The molecule has 1 aliphatic heterocycles. The third kappa shape index (κ3) is 2.74. The molecule has 0 saturated carbocycles. The van der Waals surface area contributed by atoms with Crippen LogP contribution in [0.3, 0.4) is 0 Å². The van der Waals surface area contributed by atoms with Gasteiger partial charge in [-0.1, -0.05) is 6.42 Å². The summed E-state index contributed by atoms with van der Waals surface area (Å²) >= 11 is 0. The molecule has 1 atom stereocenters. The second-order valence-corrected chi connectivity index (χ2v) is 4.22. The molecule has 17 heavy (non-hydrogen) atoms. The van der Waals surface area contributed by atoms with Crippen LogP contribution < -0.4 is 0 Å². The number of carbonyl (C=O) groups excluding carboxylic acids is 1. The number of Topliss-reactive ketones (excluding diaryl/α,β-unsaturated/α-hetero) is 1. The predicted molar refractivity (Wildman–Crippen MR) is 59.9 cm³/mol. The van der Waals surface area contributed by atoms with Crippen LogP contribution in [-0.2, 0) is 4.79 Å². The van der Waals surface area contributed by atoms with E-state index in [1.165, 1.54) is 6.26 Å². The van der Waals surface area contributed by atoms with E-state index in [9.17, 15) is 9.59 Å². The predicted octanol–water partition coefficient (Wildman–Crippen LogP) is 1.40. The zero-order valence-corrected chi connectivity index (χ0v) is 9.46. The second kappa shape index (κ2) is 5.14. The van der Waals surface area contributed by atoms with Crippen molar-refractivity contribution in [1.82, 2.24) is 4.90 Å². The number of carboxylic acid groups (broad SMARTS) is 1. The molecule has 1 saturated heterocycles. The Labute approximate surface area is 99.0 Å². The van der Waals surface area contributed by atoms with Crippen LogP contribution in [0.25, 0.3) is 0 Å². The molecule has 0 amide bonds. The molecule has 0 radical (unpaired) electrons. The van der Waals surface area contributed by atoms with Crippen molar-refractivity contribution in [2.75, 3.05) is 13.1 Å². The number of furan rings is 1. The van der Waals surface area contributed by atoms with Gasteiger partial charge < -0.3 is 9.52 Å². The van der Waals surface area contributed by atoms with Crippen LogP contribution in [0.4, 0.5) is 0 Å². The van der Waals surface area contributed by atoms with E-state index in [2.05, 4.69) is 0 Å². The number of likely N-dealkylation sites (tertiary alicyclic amines) is 1. The largest absolute Gasteiger partial charge is 0.480 e. The monoisotopic (exact) mass is 237 g/mol. The lowest BCUT2D eigenvalue weighted by atomic mass is 10.0. The highest BCUT2D eigenvalue weighted by Crippen LogP contribution is 2.17. The zero-order valence-electron chi connectivity index (χ0n) is 9.46. The molecule has 0 spiro atoms. The highest BCUT2D eigenvalue weighted by atomic mass is 16.4. The zero-order chi connectivity index (χ0) is 12.3. The Bertz CT molecular complexity index is 399. The lowest BCUT2D eigenvalue weighted by Crippen LogP contribution is -2.46. The number of hydrogen-bond acceptors (Lipinski definition) is 4. The first-order valence-corrected chi connectivity index (χ1v) is 5.72. The van der Waals surface area contributed by atoms with Crippen LogP contribution in [-0.4, -0.2) is 40.9 Å². The van der Waals surface area contributed by atoms with Crippen molar-refractivity contribution in [2.45, 2.75) is 25.3 Å². The van der Waals surface area contributed by atoms with Crippen molar-refractivity contribution in [3.63, 3.8) is 0 Å². The second-order valence-electron chi connectivity index (χ2n) is 4.22. The number of ketones is 1. The molecule has 0 aromatic carbocycles. The van der Waals surface area contributed by atoms with E-state index in [0.29, 0.717) is 18.7 Å². The Kier molecular flexibility index (Phi) is 3.58. The minimum atomic E-state index is -0.850. The highest BCUT2D eigenvalue weighted by Gasteiger charge is 2.30. The molecule has 1 aromatic heterocycles. The van der Waals surface area contributed by atoms with Gasteiger partial charge in [0.1, 0.15) is 6.04 Å². The number of carboxylic acids is 1. The number of rotatable bonds is 4. The molecule has 2 rings (SSSR count). The highest BCUT2D eigenvalue weighted by molar-refractivity contribution is 5.95. The molecule has 0 aliphatic carbocycles. The fraction of sp³-hybridized carbons (Fsp3) is 0.500. The molecule has 92 valence electrons. The summed E-state index contributed by atoms with van der Waals surface area (Å²) in [5, 5.41) is 9.08. The summed E-state index contributed by atoms with van der Waals surface area (Å²) in [5.74, 6) is -0.722. The Balaban J connectivity index is 2.01. The van der Waals surface area contributed by atoms with Crippen LogP contribution >= 0.6 is 0 Å². The average molecular weight is 237 g/mol. The summed E-state index contributed by atoms with van der Waals surface area (Å²) in [6.07, 6.45) is 3.90. The summed E-state index contributed by atoms with van der Waals surface area (Å²) in [6, 6.07) is 2.71. The lowest BCUT2D eigenvalue weighted by Gasteiger charge is -2.31. The van der Waals surface area contributed by atoms with E-state index >= 15 is 0 Å². The fourth-order valence-electron chi connectivity index (χ4n) is 2.16. The Morgan fingerprint density at radius 1 is 1.47 bits per heavy atom. The summed E-state index contributed by atoms with van der Waals surface area (Å²) < 4.78 is 5.01. The minimum absolute atomic E-state index is 0.116. The van der Waals surface area contributed by atoms with Gasteiger partial charge in [0, 0.05) is 0 Å². The molecule has 1 unspecified atom stereocenters. The molecular weight excluding hydrogens is 222 g/mol. The summed E-state index contributed by atoms with van der Waals surface area (Å²) in [6.45, 7) is 0.772. The Morgan fingerprint density at radius 2 is 2.29 bits per heavy atom. The molecule has 1 fully saturated rings. The van der Waals surface area contributed by atoms with Gasteiger partial charge in [0.05, 0.1) is 12.8 Å². The van der Waals surface area contributed by atoms with E-state index in [4.69, 9.17) is 9.52 Å². The van der Waals surface area contributed by atoms with Crippen LogP contribution in [0.2, 0.25) is 0 Å². The lowest BCUT2D eigenvalue weighted by molar-refractivity contribution is -0.144. The van der Waals surface area contributed by atoms with Gasteiger partial charge in [-0.3, -0.25) is 14.5 Å². The molecule has 1 aliphatic rings. The average Bonchev–Trinajstić information content (AvgIpc) is 2.83. The maximum atomic E-state index is 11.8. The van der Waals surface area contributed by atoms with E-state index in [1.807, 2.05) is 0 Å². The quantitative estimate of drug-likeness (QED) is 0.801. The van der Waals surface area contributed by atoms with Gasteiger partial charge in [-0.05, 0) is 31.5 Å². The molecular formula is C12H15NO4. The third-order valence-electron chi connectivity index (χ3n) is 3.04. The van der Waals surface area contributed by atoms with E-state index < -0.39 is 12.0 Å². The molecule has 1 N–H and O–H groups in total. The van der Waals surface area contributed by atoms with Crippen LogP contribution in [0.1, 0.15) is 29.8 Å². The van der Waals surface area contributed by atoms with Gasteiger partial charge in [0.25, 0.3) is 0 Å². The number of hydrogen-bond donors (Lipinski definition) is 1. The number of carbonyl (C=O) groups is 2. The van der Waals surface area contributed by atoms with Crippen molar-refractivity contribution in [2.24, 2.45) is 0 Å². The van der Waals surface area contributed by atoms with E-state index in [0.717, 1.165) is 12.8 Å². The van der Waals surface area contributed by atoms with Crippen molar-refractivity contribution in [3.8, 4) is 0 Å². The standard InChI is InChI=1S/C12H15NO4/c14-10(11-5-3-7-17-11)8-13-6-2-1-4-9(13)12(15)16/h3,5,7,9H,1-2,4,6,8H2,(H,15,16). The minimum Gasteiger partial charge on any atom is -0.480 e. The summed E-state index contributed by atoms with van der Waals surface area (Å²) in [4.78, 5) is 24.6. The van der Waals surface area contributed by atoms with Crippen molar-refractivity contribution < 1.29 is 19.1 Å². The SMILES string of the molecule is O=C(CN1CCCCC1C(=O)O)c1ccco1. The number of aliphatic carboxylic acids is 1. The van der Waals surface area contributed by atoms with Crippen LogP contribution in [0, 0.1) is 0 Å².